The molecule has 0 aromatic heterocycles. The van der Waals surface area contributed by atoms with Crippen LogP contribution in [0, 0.1) is 0 Å². The molecule has 0 spiro atoms. The maximum absolute atomic E-state index is 12.9. The zero-order valence-corrected chi connectivity index (χ0v) is 13.8. The summed E-state index contributed by atoms with van der Waals surface area (Å²) in [7, 11) is 4.14. The van der Waals surface area contributed by atoms with Crippen LogP contribution in [0.4, 0.5) is 11.4 Å². The van der Waals surface area contributed by atoms with Gasteiger partial charge in [0.25, 0.3) is 5.91 Å². The number of nitrogens with zero attached hydrogens (tertiary/aromatic N) is 2. The number of nitrogens with one attached hydrogen (secondary N) is 2. The number of hydrogen-bond donors (Lipinski definition) is 2. The van der Waals surface area contributed by atoms with Crippen LogP contribution in [-0.2, 0) is 4.79 Å². The van der Waals surface area contributed by atoms with Gasteiger partial charge in [-0.15, -0.1) is 0 Å². The molecule has 2 aliphatic rings. The Morgan fingerprint density at radius 2 is 2.09 bits per heavy atom. The SMILES string of the molecule is CN(C)[C@H]1CCCCN(C(=O)c2ccc3c(c2)NC(=O)CN3)C1. The molecule has 23 heavy (non-hydrogen) atoms. The van der Waals surface area contributed by atoms with E-state index in [4.69, 9.17) is 0 Å². The monoisotopic (exact) mass is 316 g/mol. The molecule has 2 aliphatic heterocycles. The lowest BCUT2D eigenvalue weighted by Crippen LogP contribution is -2.42. The summed E-state index contributed by atoms with van der Waals surface area (Å²) >= 11 is 0. The van der Waals surface area contributed by atoms with Crippen molar-refractivity contribution < 1.29 is 9.59 Å². The van der Waals surface area contributed by atoms with Crippen molar-refractivity contribution in [2.75, 3.05) is 44.4 Å². The molecule has 2 amide bonds. The second-order valence-corrected chi connectivity index (χ2v) is 6.53. The summed E-state index contributed by atoms with van der Waals surface area (Å²) < 4.78 is 0. The minimum absolute atomic E-state index is 0.0429. The van der Waals surface area contributed by atoms with E-state index in [1.54, 1.807) is 6.07 Å². The van der Waals surface area contributed by atoms with Gasteiger partial charge in [0.1, 0.15) is 0 Å². The molecule has 1 aromatic carbocycles. The first-order valence-electron chi connectivity index (χ1n) is 8.18. The number of carbonyl (C=O) groups excluding carboxylic acids is 2. The second-order valence-electron chi connectivity index (χ2n) is 6.53. The summed E-state index contributed by atoms with van der Waals surface area (Å²) in [6, 6.07) is 5.88. The fraction of sp³-hybridized carbons (Fsp3) is 0.529. The van der Waals surface area contributed by atoms with Gasteiger partial charge >= 0.3 is 0 Å². The molecule has 3 rings (SSSR count). The van der Waals surface area contributed by atoms with Gasteiger partial charge in [-0.25, -0.2) is 0 Å². The van der Waals surface area contributed by atoms with Crippen molar-refractivity contribution in [1.82, 2.24) is 9.80 Å². The topological polar surface area (TPSA) is 64.7 Å². The summed E-state index contributed by atoms with van der Waals surface area (Å²) in [5.41, 5.74) is 2.18. The van der Waals surface area contributed by atoms with Crippen molar-refractivity contribution in [3.8, 4) is 0 Å². The van der Waals surface area contributed by atoms with Gasteiger partial charge in [0.2, 0.25) is 5.91 Å². The fourth-order valence-corrected chi connectivity index (χ4v) is 3.21. The van der Waals surface area contributed by atoms with Gasteiger partial charge in [-0.1, -0.05) is 6.42 Å². The van der Waals surface area contributed by atoms with Gasteiger partial charge < -0.3 is 20.4 Å². The lowest BCUT2D eigenvalue weighted by atomic mass is 10.1. The lowest BCUT2D eigenvalue weighted by Gasteiger charge is -2.29. The minimum atomic E-state index is -0.0791. The molecule has 6 nitrogen and oxygen atoms in total. The first-order valence-corrected chi connectivity index (χ1v) is 8.18. The summed E-state index contributed by atoms with van der Waals surface area (Å²) in [4.78, 5) is 28.5. The van der Waals surface area contributed by atoms with Crippen molar-refractivity contribution in [2.24, 2.45) is 0 Å². The van der Waals surface area contributed by atoms with E-state index < -0.39 is 0 Å². The van der Waals surface area contributed by atoms with E-state index in [0.29, 0.717) is 17.3 Å². The Balaban J connectivity index is 1.79. The molecular formula is C17H24N4O2. The van der Waals surface area contributed by atoms with Crippen molar-refractivity contribution in [2.45, 2.75) is 25.3 Å². The normalized spacial score (nSPS) is 21.3. The van der Waals surface area contributed by atoms with Crippen LogP contribution < -0.4 is 10.6 Å². The first kappa shape index (κ1) is 15.8. The summed E-state index contributed by atoms with van der Waals surface area (Å²) in [6.45, 7) is 1.83. The molecule has 1 fully saturated rings. The number of benzene rings is 1. The zero-order chi connectivity index (χ0) is 16.4. The highest BCUT2D eigenvalue weighted by Gasteiger charge is 2.25. The van der Waals surface area contributed by atoms with E-state index in [9.17, 15) is 9.59 Å². The van der Waals surface area contributed by atoms with Crippen molar-refractivity contribution in [3.05, 3.63) is 23.8 Å². The smallest absolute Gasteiger partial charge is 0.253 e. The molecule has 0 radical (unpaired) electrons. The summed E-state index contributed by atoms with van der Waals surface area (Å²) in [5.74, 6) is -0.0362. The second kappa shape index (κ2) is 6.58. The molecule has 124 valence electrons. The molecular weight excluding hydrogens is 292 g/mol. The molecule has 2 N–H and O–H groups in total. The van der Waals surface area contributed by atoms with E-state index in [2.05, 4.69) is 29.6 Å². The van der Waals surface area contributed by atoms with Crippen LogP contribution in [0.1, 0.15) is 29.6 Å². The number of rotatable bonds is 2. The quantitative estimate of drug-likeness (QED) is 0.870. The third kappa shape index (κ3) is 3.47. The van der Waals surface area contributed by atoms with Gasteiger partial charge in [-0.3, -0.25) is 9.59 Å². The molecule has 0 unspecified atom stereocenters. The number of likely N-dealkylation sites (N-methyl/N-ethyl adjacent to an activating group) is 1. The van der Waals surface area contributed by atoms with Crippen LogP contribution in [0.25, 0.3) is 0 Å². The number of carbonyl (C=O) groups is 2. The van der Waals surface area contributed by atoms with Crippen LogP contribution in [0.5, 0.6) is 0 Å². The summed E-state index contributed by atoms with van der Waals surface area (Å²) in [6.07, 6.45) is 3.32. The Morgan fingerprint density at radius 1 is 1.26 bits per heavy atom. The van der Waals surface area contributed by atoms with Gasteiger partial charge in [0.05, 0.1) is 17.9 Å². The number of fused-ring (bicyclic) bond motifs is 1. The van der Waals surface area contributed by atoms with E-state index in [1.165, 1.54) is 0 Å². The zero-order valence-electron chi connectivity index (χ0n) is 13.8. The average Bonchev–Trinajstić information content (AvgIpc) is 2.79. The highest BCUT2D eigenvalue weighted by molar-refractivity contribution is 6.03. The van der Waals surface area contributed by atoms with Crippen LogP contribution >= 0.6 is 0 Å². The van der Waals surface area contributed by atoms with Crippen molar-refractivity contribution >= 4 is 23.2 Å². The van der Waals surface area contributed by atoms with Gasteiger partial charge in [-0.05, 0) is 45.1 Å². The minimum Gasteiger partial charge on any atom is -0.374 e. The number of hydrogen-bond acceptors (Lipinski definition) is 4. The number of amides is 2. The lowest BCUT2D eigenvalue weighted by molar-refractivity contribution is -0.114. The standard InChI is InChI=1S/C17H24N4O2/c1-20(2)13-5-3-4-8-21(11-13)17(23)12-6-7-14-15(9-12)19-16(22)10-18-14/h6-7,9,13,18H,3-5,8,10-11H2,1-2H3,(H,19,22)/t13-/m0/s1. The van der Waals surface area contributed by atoms with E-state index in [0.717, 1.165) is 38.0 Å². The first-order chi connectivity index (χ1) is 11.0. The Hall–Kier alpha value is -2.08. The predicted molar refractivity (Wildman–Crippen MR) is 90.8 cm³/mol. The summed E-state index contributed by atoms with van der Waals surface area (Å²) in [5, 5.41) is 5.86. The third-order valence-corrected chi connectivity index (χ3v) is 4.64. The molecule has 6 heteroatoms. The van der Waals surface area contributed by atoms with Gasteiger partial charge in [0.15, 0.2) is 0 Å². The number of anilines is 2. The van der Waals surface area contributed by atoms with Gasteiger partial charge in [-0.2, -0.15) is 0 Å². The Bertz CT molecular complexity index is 615. The molecule has 1 aromatic rings. The molecule has 1 saturated heterocycles. The van der Waals surface area contributed by atoms with E-state index >= 15 is 0 Å². The highest BCUT2D eigenvalue weighted by Crippen LogP contribution is 2.27. The third-order valence-electron chi connectivity index (χ3n) is 4.64. The van der Waals surface area contributed by atoms with Gasteiger partial charge in [0, 0.05) is 24.7 Å². The van der Waals surface area contributed by atoms with Crippen LogP contribution in [0.15, 0.2) is 18.2 Å². The fourth-order valence-electron chi connectivity index (χ4n) is 3.21. The maximum Gasteiger partial charge on any atom is 0.253 e. The molecule has 1 atom stereocenters. The molecule has 0 bridgehead atoms. The van der Waals surface area contributed by atoms with Crippen molar-refractivity contribution in [1.29, 1.82) is 0 Å². The number of likely N-dealkylation sites (tertiary alicyclic amines) is 1. The molecule has 0 saturated carbocycles. The largest absolute Gasteiger partial charge is 0.374 e. The highest BCUT2D eigenvalue weighted by atomic mass is 16.2. The molecule has 2 heterocycles. The Labute approximate surface area is 136 Å². The van der Waals surface area contributed by atoms with Crippen LogP contribution in [0.2, 0.25) is 0 Å². The maximum atomic E-state index is 12.9. The van der Waals surface area contributed by atoms with Crippen molar-refractivity contribution in [3.63, 3.8) is 0 Å². The predicted octanol–water partition coefficient (Wildman–Crippen LogP) is 1.61. The Morgan fingerprint density at radius 3 is 2.87 bits per heavy atom. The van der Waals surface area contributed by atoms with E-state index in [1.807, 2.05) is 17.0 Å². The Kier molecular flexibility index (Phi) is 4.52. The van der Waals surface area contributed by atoms with Crippen LogP contribution in [-0.4, -0.2) is 61.4 Å². The molecule has 0 aliphatic carbocycles. The average molecular weight is 316 g/mol. The van der Waals surface area contributed by atoms with E-state index in [-0.39, 0.29) is 18.4 Å². The van der Waals surface area contributed by atoms with Crippen LogP contribution in [0.3, 0.4) is 0 Å².